The molecule has 0 heterocycles. The van der Waals surface area contributed by atoms with Gasteiger partial charge in [0.25, 0.3) is 5.91 Å². The van der Waals surface area contributed by atoms with Crippen molar-refractivity contribution in [2.24, 2.45) is 0 Å². The number of amides is 1. The summed E-state index contributed by atoms with van der Waals surface area (Å²) in [6.07, 6.45) is 0.635. The highest BCUT2D eigenvalue weighted by Gasteiger charge is 2.34. The SMILES string of the molecule is O=C(OC1CCCC1)c1ccccc1N(C(=O)c1cc(F)c(F)cc1Cl)[C@H](O)c1cc(F)c(F)cc1Cl. The molecule has 0 saturated heterocycles. The molecule has 1 amide bonds. The van der Waals surface area contributed by atoms with Crippen molar-refractivity contribution >= 4 is 40.8 Å². The van der Waals surface area contributed by atoms with Gasteiger partial charge >= 0.3 is 5.97 Å². The van der Waals surface area contributed by atoms with Gasteiger partial charge in [0, 0.05) is 5.56 Å². The Morgan fingerprint density at radius 3 is 2.11 bits per heavy atom. The fraction of sp³-hybridized carbons (Fsp3) is 0.231. The van der Waals surface area contributed by atoms with E-state index in [1.807, 2.05) is 0 Å². The van der Waals surface area contributed by atoms with E-state index in [0.29, 0.717) is 42.0 Å². The zero-order valence-electron chi connectivity index (χ0n) is 19.0. The van der Waals surface area contributed by atoms with Crippen molar-refractivity contribution in [3.63, 3.8) is 0 Å². The summed E-state index contributed by atoms with van der Waals surface area (Å²) in [7, 11) is 0. The van der Waals surface area contributed by atoms with E-state index in [-0.39, 0.29) is 17.4 Å². The van der Waals surface area contributed by atoms with E-state index in [4.69, 9.17) is 27.9 Å². The van der Waals surface area contributed by atoms with Gasteiger partial charge < -0.3 is 9.84 Å². The lowest BCUT2D eigenvalue weighted by molar-refractivity contribution is 0.0318. The van der Waals surface area contributed by atoms with Crippen molar-refractivity contribution in [1.82, 2.24) is 0 Å². The molecule has 1 fully saturated rings. The average Bonchev–Trinajstić information content (AvgIpc) is 3.37. The van der Waals surface area contributed by atoms with Gasteiger partial charge in [-0.1, -0.05) is 35.3 Å². The minimum absolute atomic E-state index is 0.154. The molecule has 4 rings (SSSR count). The van der Waals surface area contributed by atoms with Crippen LogP contribution < -0.4 is 4.90 Å². The molecule has 0 unspecified atom stereocenters. The average molecular weight is 556 g/mol. The van der Waals surface area contributed by atoms with Crippen LogP contribution in [0.5, 0.6) is 0 Å². The number of aliphatic hydroxyl groups is 1. The Bertz CT molecular complexity index is 1360. The maximum Gasteiger partial charge on any atom is 0.340 e. The van der Waals surface area contributed by atoms with E-state index in [9.17, 15) is 32.3 Å². The van der Waals surface area contributed by atoms with Crippen LogP contribution in [0.3, 0.4) is 0 Å². The van der Waals surface area contributed by atoms with Crippen LogP contribution in [0, 0.1) is 23.3 Å². The van der Waals surface area contributed by atoms with Crippen LogP contribution in [0.15, 0.2) is 48.5 Å². The summed E-state index contributed by atoms with van der Waals surface area (Å²) in [4.78, 5) is 27.3. The van der Waals surface area contributed by atoms with Crippen molar-refractivity contribution in [2.75, 3.05) is 4.90 Å². The summed E-state index contributed by atoms with van der Waals surface area (Å²) in [5, 5.41) is 10.3. The molecular formula is C26H19Cl2F4NO4. The largest absolute Gasteiger partial charge is 0.459 e. The predicted molar refractivity (Wildman–Crippen MR) is 129 cm³/mol. The Balaban J connectivity index is 1.86. The predicted octanol–water partition coefficient (Wildman–Crippen LogP) is 6.99. The second-order valence-corrected chi connectivity index (χ2v) is 9.23. The highest BCUT2D eigenvalue weighted by atomic mass is 35.5. The lowest BCUT2D eigenvalue weighted by Gasteiger charge is -2.31. The van der Waals surface area contributed by atoms with E-state index < -0.39 is 62.5 Å². The summed E-state index contributed by atoms with van der Waals surface area (Å²) in [6, 6.07) is 7.81. The highest BCUT2D eigenvalue weighted by molar-refractivity contribution is 6.34. The molecule has 1 aliphatic carbocycles. The number of carbonyl (C=O) groups excluding carboxylic acids is 2. The van der Waals surface area contributed by atoms with Gasteiger partial charge in [0.15, 0.2) is 29.5 Å². The molecule has 194 valence electrons. The normalized spacial score (nSPS) is 14.5. The molecule has 5 nitrogen and oxygen atoms in total. The Kier molecular flexibility index (Phi) is 8.06. The molecule has 11 heteroatoms. The number of para-hydroxylation sites is 1. The Morgan fingerprint density at radius 2 is 1.43 bits per heavy atom. The van der Waals surface area contributed by atoms with Crippen LogP contribution in [-0.4, -0.2) is 23.1 Å². The Morgan fingerprint density at radius 1 is 0.865 bits per heavy atom. The summed E-state index contributed by atoms with van der Waals surface area (Å²) < 4.78 is 61.0. The smallest absolute Gasteiger partial charge is 0.340 e. The zero-order chi connectivity index (χ0) is 26.9. The van der Waals surface area contributed by atoms with E-state index in [1.165, 1.54) is 24.3 Å². The van der Waals surface area contributed by atoms with E-state index >= 15 is 0 Å². The van der Waals surface area contributed by atoms with Crippen LogP contribution in [0.1, 0.15) is 58.2 Å². The van der Waals surface area contributed by atoms with Gasteiger partial charge in [0.2, 0.25) is 0 Å². The van der Waals surface area contributed by atoms with Crippen LogP contribution in [-0.2, 0) is 4.74 Å². The molecule has 1 atom stereocenters. The van der Waals surface area contributed by atoms with E-state index in [0.717, 1.165) is 12.8 Å². The number of ether oxygens (including phenoxy) is 1. The number of rotatable bonds is 6. The van der Waals surface area contributed by atoms with Gasteiger partial charge in [-0.25, -0.2) is 22.4 Å². The molecule has 1 N–H and O–H groups in total. The van der Waals surface area contributed by atoms with Crippen LogP contribution in [0.2, 0.25) is 10.0 Å². The molecule has 37 heavy (non-hydrogen) atoms. The number of esters is 1. The second kappa shape index (κ2) is 11.1. The molecule has 0 radical (unpaired) electrons. The standard InChI is InChI=1S/C26H19Cl2F4NO4/c27-17-11-21(31)19(29)9-15(17)24(34)33(25(35)16-10-20(30)22(32)12-18(16)28)23-8-4-3-7-14(23)26(36)37-13-5-1-2-6-13/h3-4,7-13,24,34H,1-2,5-6H2/t24-/m1/s1. The molecule has 0 aromatic heterocycles. The molecule has 3 aromatic rings. The van der Waals surface area contributed by atoms with Gasteiger partial charge in [-0.15, -0.1) is 0 Å². The third kappa shape index (κ3) is 5.58. The molecule has 3 aromatic carbocycles. The number of hydrogen-bond acceptors (Lipinski definition) is 4. The van der Waals surface area contributed by atoms with Crippen LogP contribution >= 0.6 is 23.2 Å². The fourth-order valence-corrected chi connectivity index (χ4v) is 4.60. The van der Waals surface area contributed by atoms with Crippen molar-refractivity contribution < 1.29 is 37.0 Å². The van der Waals surface area contributed by atoms with Gasteiger partial charge in [-0.3, -0.25) is 9.69 Å². The molecule has 0 aliphatic heterocycles. The summed E-state index contributed by atoms with van der Waals surface area (Å²) >= 11 is 12.0. The molecule has 1 aliphatic rings. The number of benzene rings is 3. The van der Waals surface area contributed by atoms with E-state index in [2.05, 4.69) is 0 Å². The Hall–Kier alpha value is -3.14. The topological polar surface area (TPSA) is 66.8 Å². The molecule has 0 bridgehead atoms. The second-order valence-electron chi connectivity index (χ2n) is 8.41. The van der Waals surface area contributed by atoms with Crippen molar-refractivity contribution in [1.29, 1.82) is 0 Å². The van der Waals surface area contributed by atoms with Gasteiger partial charge in [0.1, 0.15) is 6.10 Å². The van der Waals surface area contributed by atoms with Crippen LogP contribution in [0.4, 0.5) is 23.2 Å². The van der Waals surface area contributed by atoms with Crippen LogP contribution in [0.25, 0.3) is 0 Å². The quantitative estimate of drug-likeness (QED) is 0.154. The first-order valence-corrected chi connectivity index (χ1v) is 11.9. The number of halogens is 6. The first-order valence-electron chi connectivity index (χ1n) is 11.2. The summed E-state index contributed by atoms with van der Waals surface area (Å²) in [6.45, 7) is 0. The van der Waals surface area contributed by atoms with Gasteiger partial charge in [0.05, 0.1) is 26.9 Å². The molecule has 1 saturated carbocycles. The van der Waals surface area contributed by atoms with Crippen molar-refractivity contribution in [2.45, 2.75) is 38.0 Å². The maximum atomic E-state index is 14.1. The fourth-order valence-electron chi connectivity index (χ4n) is 4.12. The maximum absolute atomic E-state index is 14.1. The minimum atomic E-state index is -2.11. The van der Waals surface area contributed by atoms with Crippen molar-refractivity contribution in [3.8, 4) is 0 Å². The lowest BCUT2D eigenvalue weighted by atomic mass is 10.1. The highest BCUT2D eigenvalue weighted by Crippen LogP contribution is 2.36. The number of nitrogens with zero attached hydrogens (tertiary/aromatic N) is 1. The number of anilines is 1. The number of carbonyl (C=O) groups is 2. The molecule has 0 spiro atoms. The number of aliphatic hydroxyl groups excluding tert-OH is 1. The van der Waals surface area contributed by atoms with Crippen molar-refractivity contribution in [3.05, 3.63) is 98.5 Å². The number of hydrogen-bond donors (Lipinski definition) is 1. The van der Waals surface area contributed by atoms with E-state index in [1.54, 1.807) is 0 Å². The third-order valence-electron chi connectivity index (χ3n) is 5.98. The third-order valence-corrected chi connectivity index (χ3v) is 6.62. The minimum Gasteiger partial charge on any atom is -0.459 e. The molecular weight excluding hydrogens is 537 g/mol. The summed E-state index contributed by atoms with van der Waals surface area (Å²) in [5.41, 5.74) is -1.38. The zero-order valence-corrected chi connectivity index (χ0v) is 20.5. The first-order chi connectivity index (χ1) is 17.6. The lowest BCUT2D eigenvalue weighted by Crippen LogP contribution is -2.37. The van der Waals surface area contributed by atoms with Gasteiger partial charge in [-0.2, -0.15) is 0 Å². The Labute approximate surface area is 219 Å². The monoisotopic (exact) mass is 555 g/mol. The summed E-state index contributed by atoms with van der Waals surface area (Å²) in [5.74, 6) is -7.38. The van der Waals surface area contributed by atoms with Gasteiger partial charge in [-0.05, 0) is 62.1 Å². The first kappa shape index (κ1) is 26.9.